The van der Waals surface area contributed by atoms with Crippen molar-refractivity contribution in [2.45, 2.75) is 59.6 Å². The summed E-state index contributed by atoms with van der Waals surface area (Å²) >= 11 is 1.56. The molecule has 0 bridgehead atoms. The van der Waals surface area contributed by atoms with E-state index in [2.05, 4.69) is 15.3 Å². The molecule has 0 saturated heterocycles. The number of esters is 1. The maximum Gasteiger partial charge on any atom is 0.341 e. The summed E-state index contributed by atoms with van der Waals surface area (Å²) in [4.78, 5) is 35.1. The predicted octanol–water partition coefficient (Wildman–Crippen LogP) is 4.22. The number of aromatic nitrogens is 1. The van der Waals surface area contributed by atoms with Crippen molar-refractivity contribution in [1.82, 2.24) is 10.3 Å². The Kier molecular flexibility index (Phi) is 5.89. The van der Waals surface area contributed by atoms with E-state index in [9.17, 15) is 9.59 Å². The highest BCUT2D eigenvalue weighted by Gasteiger charge is 2.43. The van der Waals surface area contributed by atoms with Gasteiger partial charge in [0.05, 0.1) is 5.56 Å². The highest BCUT2D eigenvalue weighted by molar-refractivity contribution is 7.10. The Morgan fingerprint density at radius 1 is 1.31 bits per heavy atom. The molecule has 0 saturated carbocycles. The molecule has 29 heavy (non-hydrogen) atoms. The Morgan fingerprint density at radius 3 is 2.59 bits per heavy atom. The Morgan fingerprint density at radius 2 is 2.03 bits per heavy atom. The number of ether oxygens (including phenoxy) is 1. The first-order chi connectivity index (χ1) is 13.7. The average molecular weight is 414 g/mol. The van der Waals surface area contributed by atoms with Gasteiger partial charge < -0.3 is 10.1 Å². The second-order valence-electron chi connectivity index (χ2n) is 7.91. The fourth-order valence-corrected chi connectivity index (χ4v) is 3.93. The third kappa shape index (κ3) is 4.10. The number of pyridine rings is 1. The Balaban J connectivity index is 1.93. The molecule has 0 spiro atoms. The molecule has 1 N–H and O–H groups in total. The third-order valence-corrected chi connectivity index (χ3v) is 6.63. The maximum absolute atomic E-state index is 13.0. The minimum absolute atomic E-state index is 0.0312. The van der Waals surface area contributed by atoms with Gasteiger partial charge in [-0.1, -0.05) is 20.8 Å². The molecule has 0 aromatic carbocycles. The average Bonchev–Trinajstić information content (AvgIpc) is 3.25. The number of nitrogens with zero attached hydrogens (tertiary/aromatic N) is 2. The van der Waals surface area contributed by atoms with Gasteiger partial charge in [-0.2, -0.15) is 4.99 Å². The molecular formula is C22H27N3O3S. The van der Waals surface area contributed by atoms with Gasteiger partial charge in [0.15, 0.2) is 5.84 Å². The quantitative estimate of drug-likeness (QED) is 0.717. The molecule has 2 atom stereocenters. The standard InChI is InChI=1S/C22H27N3O3S/c1-7-15-9-16(20(26)28-14(5)17-8-13(4)11-29-17)18(23-10-15)19-24-21(27)22(6,25-19)12(2)3/h8-12,14H,7H2,1-6H3,(H,24,25,27). The molecule has 1 amide bonds. The van der Waals surface area contributed by atoms with Crippen LogP contribution < -0.4 is 5.32 Å². The van der Waals surface area contributed by atoms with Crippen LogP contribution in [-0.2, 0) is 16.0 Å². The summed E-state index contributed by atoms with van der Waals surface area (Å²) in [6.07, 6.45) is 2.06. The number of carbonyl (C=O) groups excluding carboxylic acids is 2. The zero-order chi connectivity index (χ0) is 21.3. The van der Waals surface area contributed by atoms with Gasteiger partial charge in [0.2, 0.25) is 0 Å². The van der Waals surface area contributed by atoms with Gasteiger partial charge in [-0.3, -0.25) is 9.78 Å². The van der Waals surface area contributed by atoms with Crippen molar-refractivity contribution in [2.24, 2.45) is 10.9 Å². The Bertz CT molecular complexity index is 979. The Hall–Kier alpha value is -2.54. The molecule has 0 fully saturated rings. The van der Waals surface area contributed by atoms with Gasteiger partial charge in [0.1, 0.15) is 17.3 Å². The van der Waals surface area contributed by atoms with E-state index in [1.165, 1.54) is 0 Å². The van der Waals surface area contributed by atoms with Crippen LogP contribution in [0.2, 0.25) is 0 Å². The number of thiophene rings is 1. The summed E-state index contributed by atoms with van der Waals surface area (Å²) in [5, 5.41) is 5.21. The number of aliphatic imine (C=N–C) groups is 1. The van der Waals surface area contributed by atoms with Gasteiger partial charge in [-0.25, -0.2) is 4.79 Å². The lowest BCUT2D eigenvalue weighted by molar-refractivity contribution is -0.123. The minimum Gasteiger partial charge on any atom is -0.453 e. The van der Waals surface area contributed by atoms with Gasteiger partial charge in [0, 0.05) is 11.1 Å². The lowest BCUT2D eigenvalue weighted by Crippen LogP contribution is -2.50. The Labute approximate surface area is 175 Å². The van der Waals surface area contributed by atoms with E-state index in [0.717, 1.165) is 22.4 Å². The number of nitrogens with one attached hydrogen (secondary N) is 1. The third-order valence-electron chi connectivity index (χ3n) is 5.42. The molecule has 2 aromatic heterocycles. The fraction of sp³-hybridized carbons (Fsp3) is 0.455. The normalized spacial score (nSPS) is 19.8. The first kappa shape index (κ1) is 21.2. The monoisotopic (exact) mass is 413 g/mol. The van der Waals surface area contributed by atoms with Crippen LogP contribution >= 0.6 is 11.3 Å². The molecular weight excluding hydrogens is 386 g/mol. The van der Waals surface area contributed by atoms with E-state index < -0.39 is 11.5 Å². The first-order valence-corrected chi connectivity index (χ1v) is 10.7. The van der Waals surface area contributed by atoms with Crippen LogP contribution in [0.25, 0.3) is 0 Å². The summed E-state index contributed by atoms with van der Waals surface area (Å²) in [6.45, 7) is 11.6. The summed E-state index contributed by atoms with van der Waals surface area (Å²) in [7, 11) is 0. The molecule has 6 nitrogen and oxygen atoms in total. The molecule has 3 rings (SSSR count). The van der Waals surface area contributed by atoms with Crippen LogP contribution in [0, 0.1) is 12.8 Å². The molecule has 3 heterocycles. The van der Waals surface area contributed by atoms with Gasteiger partial charge in [-0.05, 0) is 61.7 Å². The van der Waals surface area contributed by atoms with E-state index in [-0.39, 0.29) is 17.9 Å². The second-order valence-corrected chi connectivity index (χ2v) is 8.86. The van der Waals surface area contributed by atoms with Crippen LogP contribution in [0.1, 0.15) is 72.8 Å². The minimum atomic E-state index is -0.816. The summed E-state index contributed by atoms with van der Waals surface area (Å²) < 4.78 is 5.73. The zero-order valence-corrected chi connectivity index (χ0v) is 18.5. The molecule has 0 radical (unpaired) electrons. The highest BCUT2D eigenvalue weighted by atomic mass is 32.1. The van der Waals surface area contributed by atoms with Crippen molar-refractivity contribution in [3.63, 3.8) is 0 Å². The maximum atomic E-state index is 13.0. The van der Waals surface area contributed by atoms with Crippen molar-refractivity contribution in [1.29, 1.82) is 0 Å². The zero-order valence-electron chi connectivity index (χ0n) is 17.7. The molecule has 2 aromatic rings. The van der Waals surface area contributed by atoms with E-state index in [1.54, 1.807) is 23.6 Å². The van der Waals surface area contributed by atoms with E-state index in [4.69, 9.17) is 4.74 Å². The molecule has 0 aliphatic carbocycles. The topological polar surface area (TPSA) is 80.7 Å². The second kappa shape index (κ2) is 8.06. The number of amides is 1. The molecule has 7 heteroatoms. The summed E-state index contributed by atoms with van der Waals surface area (Å²) in [5.74, 6) is -0.383. The molecule has 1 aliphatic rings. The van der Waals surface area contributed by atoms with Gasteiger partial charge in [-0.15, -0.1) is 11.3 Å². The van der Waals surface area contributed by atoms with Crippen molar-refractivity contribution >= 4 is 29.0 Å². The van der Waals surface area contributed by atoms with E-state index >= 15 is 0 Å². The van der Waals surface area contributed by atoms with Gasteiger partial charge >= 0.3 is 5.97 Å². The number of carbonyl (C=O) groups is 2. The van der Waals surface area contributed by atoms with Gasteiger partial charge in [0.25, 0.3) is 5.91 Å². The van der Waals surface area contributed by atoms with Crippen molar-refractivity contribution in [3.8, 4) is 0 Å². The first-order valence-electron chi connectivity index (χ1n) is 9.82. The number of amidine groups is 1. The number of rotatable bonds is 6. The van der Waals surface area contributed by atoms with Crippen LogP contribution in [-0.4, -0.2) is 28.2 Å². The van der Waals surface area contributed by atoms with E-state index in [1.807, 2.05) is 53.0 Å². The molecule has 2 unspecified atom stereocenters. The lowest BCUT2D eigenvalue weighted by Gasteiger charge is -2.27. The summed E-state index contributed by atoms with van der Waals surface area (Å²) in [5.41, 5.74) is 1.90. The van der Waals surface area contributed by atoms with Crippen LogP contribution in [0.3, 0.4) is 0 Å². The summed E-state index contributed by atoms with van der Waals surface area (Å²) in [6, 6.07) is 3.79. The number of aryl methyl sites for hydroxylation is 2. The lowest BCUT2D eigenvalue weighted by atomic mass is 9.88. The van der Waals surface area contributed by atoms with Crippen molar-refractivity contribution in [3.05, 3.63) is 51.0 Å². The molecule has 1 aliphatic heterocycles. The molecule has 154 valence electrons. The SMILES string of the molecule is CCc1cnc(C2=NC(=O)C(C)(C(C)C)N2)c(C(=O)OC(C)c2cc(C)cs2)c1. The van der Waals surface area contributed by atoms with Crippen LogP contribution in [0.15, 0.2) is 28.7 Å². The highest BCUT2D eigenvalue weighted by Crippen LogP contribution is 2.28. The smallest absolute Gasteiger partial charge is 0.341 e. The van der Waals surface area contributed by atoms with Crippen LogP contribution in [0.4, 0.5) is 0 Å². The van der Waals surface area contributed by atoms with Crippen molar-refractivity contribution < 1.29 is 14.3 Å². The van der Waals surface area contributed by atoms with E-state index in [0.29, 0.717) is 17.1 Å². The number of hydrogen-bond acceptors (Lipinski definition) is 6. The van der Waals surface area contributed by atoms with Crippen LogP contribution in [0.5, 0.6) is 0 Å². The fourth-order valence-electron chi connectivity index (χ4n) is 3.04. The largest absolute Gasteiger partial charge is 0.453 e. The van der Waals surface area contributed by atoms with Crippen molar-refractivity contribution in [2.75, 3.05) is 0 Å². The predicted molar refractivity (Wildman–Crippen MR) is 114 cm³/mol. The number of hydrogen-bond donors (Lipinski definition) is 1.